The van der Waals surface area contributed by atoms with E-state index in [-0.39, 0.29) is 13.5 Å². The molecular formula is C32H28N2O8S2. The molecule has 2 saturated heterocycles. The third-order valence-corrected chi connectivity index (χ3v) is 10.4. The molecular weight excluding hydrogens is 604 g/mol. The molecule has 226 valence electrons. The Morgan fingerprint density at radius 1 is 0.636 bits per heavy atom. The van der Waals surface area contributed by atoms with Gasteiger partial charge in [0, 0.05) is 9.79 Å². The van der Waals surface area contributed by atoms with Crippen molar-refractivity contribution in [2.45, 2.75) is 47.9 Å². The monoisotopic (exact) mass is 632 g/mol. The van der Waals surface area contributed by atoms with E-state index in [9.17, 15) is 29.4 Å². The van der Waals surface area contributed by atoms with Gasteiger partial charge in [-0.2, -0.15) is 0 Å². The molecule has 10 nitrogen and oxygen atoms in total. The van der Waals surface area contributed by atoms with Crippen molar-refractivity contribution in [2.75, 3.05) is 13.5 Å². The number of fused-ring (bicyclic) bond motifs is 2. The summed E-state index contributed by atoms with van der Waals surface area (Å²) in [6.07, 6.45) is -1.33. The molecule has 0 radical (unpaired) electrons. The maximum Gasteiger partial charge on any atom is 0.329 e. The molecule has 4 atom stereocenters. The fraction of sp³-hybridized carbons (Fsp3) is 0.250. The van der Waals surface area contributed by atoms with E-state index >= 15 is 0 Å². The molecule has 0 bridgehead atoms. The number of aliphatic carboxylic acids is 2. The van der Waals surface area contributed by atoms with Gasteiger partial charge in [-0.25, -0.2) is 9.59 Å². The van der Waals surface area contributed by atoms with E-state index in [4.69, 9.17) is 9.47 Å². The van der Waals surface area contributed by atoms with E-state index in [1.807, 2.05) is 60.7 Å². The van der Waals surface area contributed by atoms with Crippen LogP contribution in [0, 0.1) is 0 Å². The Bertz CT molecular complexity index is 1680. The largest absolute Gasteiger partial charge is 0.480 e. The molecule has 2 amide bonds. The highest BCUT2D eigenvalue weighted by molar-refractivity contribution is 8.76. The van der Waals surface area contributed by atoms with Gasteiger partial charge in [-0.05, 0) is 59.7 Å². The molecule has 2 N–H and O–H groups in total. The fourth-order valence-corrected chi connectivity index (χ4v) is 7.96. The number of nitrogens with zero attached hydrogens (tertiary/aromatic N) is 2. The summed E-state index contributed by atoms with van der Waals surface area (Å²) in [4.78, 5) is 55.3. The molecule has 2 aliphatic rings. The van der Waals surface area contributed by atoms with E-state index in [1.54, 1.807) is 26.0 Å². The van der Waals surface area contributed by atoms with Crippen molar-refractivity contribution in [2.24, 2.45) is 0 Å². The smallest absolute Gasteiger partial charge is 0.329 e. The normalized spacial score (nSPS) is 21.7. The number of benzene rings is 4. The lowest BCUT2D eigenvalue weighted by Gasteiger charge is -2.23. The maximum atomic E-state index is 13.9. The first-order valence-electron chi connectivity index (χ1n) is 13.8. The van der Waals surface area contributed by atoms with Crippen LogP contribution in [0.5, 0.6) is 0 Å². The Kier molecular flexibility index (Phi) is 8.25. The first-order valence-corrected chi connectivity index (χ1v) is 16.0. The summed E-state index contributed by atoms with van der Waals surface area (Å²) >= 11 is 0. The molecule has 4 aromatic carbocycles. The zero-order valence-electron chi connectivity index (χ0n) is 23.7. The molecule has 6 rings (SSSR count). The van der Waals surface area contributed by atoms with Crippen molar-refractivity contribution in [3.63, 3.8) is 0 Å². The molecule has 0 saturated carbocycles. The summed E-state index contributed by atoms with van der Waals surface area (Å²) in [6.45, 7) is 2.95. The Hall–Kier alpha value is -4.10. The van der Waals surface area contributed by atoms with Gasteiger partial charge in [0.1, 0.15) is 13.5 Å². The maximum absolute atomic E-state index is 13.9. The molecule has 0 unspecified atom stereocenters. The summed E-state index contributed by atoms with van der Waals surface area (Å²) in [5.41, 5.74) is 0.623. The number of carboxylic acid groups (broad SMARTS) is 2. The van der Waals surface area contributed by atoms with Crippen molar-refractivity contribution in [3.05, 3.63) is 83.9 Å². The van der Waals surface area contributed by atoms with Crippen molar-refractivity contribution < 1.29 is 38.9 Å². The predicted molar refractivity (Wildman–Crippen MR) is 166 cm³/mol. The summed E-state index contributed by atoms with van der Waals surface area (Å²) in [5, 5.41) is 23.0. The molecule has 0 aromatic heterocycles. The van der Waals surface area contributed by atoms with Crippen molar-refractivity contribution in [1.29, 1.82) is 0 Å². The zero-order chi connectivity index (χ0) is 31.1. The van der Waals surface area contributed by atoms with Gasteiger partial charge in [0.2, 0.25) is 0 Å². The first-order chi connectivity index (χ1) is 21.1. The number of ether oxygens (including phenoxy) is 2. The van der Waals surface area contributed by atoms with Crippen LogP contribution in [0.25, 0.3) is 21.5 Å². The molecule has 0 aliphatic carbocycles. The van der Waals surface area contributed by atoms with Crippen LogP contribution in [-0.2, 0) is 19.1 Å². The number of hydrogen-bond acceptors (Lipinski definition) is 8. The van der Waals surface area contributed by atoms with Crippen molar-refractivity contribution in [3.8, 4) is 0 Å². The van der Waals surface area contributed by atoms with Crippen LogP contribution in [0.1, 0.15) is 34.6 Å². The lowest BCUT2D eigenvalue weighted by atomic mass is 10.0. The van der Waals surface area contributed by atoms with Gasteiger partial charge in [-0.15, -0.1) is 0 Å². The minimum absolute atomic E-state index is 0.147. The molecule has 0 spiro atoms. The number of rotatable bonds is 7. The van der Waals surface area contributed by atoms with E-state index < -0.39 is 48.0 Å². The topological polar surface area (TPSA) is 134 Å². The third-order valence-electron chi connectivity index (χ3n) is 7.92. The second kappa shape index (κ2) is 12.1. The SMILES string of the molecule is C[C@H]1OCN(C(=O)c2cc3ccccc3cc2SSc2cc3ccccc3cc2C(=O)N2CO[C@H](C)[C@H]2C(=O)O)[C@@H]1C(=O)O. The minimum Gasteiger partial charge on any atom is -0.480 e. The Labute approximate surface area is 260 Å². The van der Waals surface area contributed by atoms with Gasteiger partial charge in [0.05, 0.1) is 23.3 Å². The Morgan fingerprint density at radius 3 is 1.32 bits per heavy atom. The van der Waals surface area contributed by atoms with Crippen LogP contribution in [0.4, 0.5) is 0 Å². The molecule has 2 heterocycles. The van der Waals surface area contributed by atoms with Crippen molar-refractivity contribution in [1.82, 2.24) is 9.80 Å². The fourth-order valence-electron chi connectivity index (χ4n) is 5.59. The Morgan fingerprint density at radius 2 is 0.977 bits per heavy atom. The van der Waals surface area contributed by atoms with Gasteiger partial charge >= 0.3 is 11.9 Å². The molecule has 4 aromatic rings. The van der Waals surface area contributed by atoms with Crippen LogP contribution in [0.2, 0.25) is 0 Å². The van der Waals surface area contributed by atoms with Crippen LogP contribution < -0.4 is 0 Å². The number of hydrogen-bond donors (Lipinski definition) is 2. The van der Waals surface area contributed by atoms with E-state index in [1.165, 1.54) is 31.4 Å². The second-order valence-electron chi connectivity index (χ2n) is 10.7. The summed E-state index contributed by atoms with van der Waals surface area (Å²) in [7, 11) is 2.53. The predicted octanol–water partition coefficient (Wildman–Crippen LogP) is 5.34. The van der Waals surface area contributed by atoms with E-state index in [2.05, 4.69) is 0 Å². The van der Waals surface area contributed by atoms with Gasteiger partial charge < -0.3 is 19.7 Å². The van der Waals surface area contributed by atoms with Crippen LogP contribution in [-0.4, -0.2) is 81.5 Å². The highest BCUT2D eigenvalue weighted by Gasteiger charge is 2.43. The summed E-state index contributed by atoms with van der Waals surface area (Å²) in [6, 6.07) is 20.1. The van der Waals surface area contributed by atoms with E-state index in [0.29, 0.717) is 20.9 Å². The average Bonchev–Trinajstić information content (AvgIpc) is 3.60. The quantitative estimate of drug-likeness (QED) is 0.257. The minimum atomic E-state index is -1.15. The first kappa shape index (κ1) is 29.9. The Balaban J connectivity index is 1.39. The van der Waals surface area contributed by atoms with Crippen molar-refractivity contribution >= 4 is 66.9 Å². The number of carbonyl (C=O) groups excluding carboxylic acids is 2. The molecule has 2 aliphatic heterocycles. The summed E-state index contributed by atoms with van der Waals surface area (Å²) in [5.74, 6) is -3.24. The number of amides is 2. The third kappa shape index (κ3) is 5.50. The lowest BCUT2D eigenvalue weighted by Crippen LogP contribution is -2.44. The molecule has 12 heteroatoms. The molecule has 44 heavy (non-hydrogen) atoms. The average molecular weight is 633 g/mol. The van der Waals surface area contributed by atoms with Gasteiger partial charge in [-0.3, -0.25) is 19.4 Å². The highest BCUT2D eigenvalue weighted by Crippen LogP contribution is 2.44. The van der Waals surface area contributed by atoms with Crippen LogP contribution in [0.3, 0.4) is 0 Å². The van der Waals surface area contributed by atoms with Gasteiger partial charge in [0.15, 0.2) is 12.1 Å². The molecule has 2 fully saturated rings. The second-order valence-corrected chi connectivity index (χ2v) is 12.9. The van der Waals surface area contributed by atoms with Crippen LogP contribution >= 0.6 is 21.6 Å². The van der Waals surface area contributed by atoms with Gasteiger partial charge in [0.25, 0.3) is 11.8 Å². The van der Waals surface area contributed by atoms with Gasteiger partial charge in [-0.1, -0.05) is 70.1 Å². The number of carboxylic acids is 2. The standard InChI is InChI=1S/C32H28N2O8S2/c1-17-27(31(37)38)33(15-41-17)29(35)23-11-19-7-3-5-9-21(19)13-25(23)43-44-26-14-22-10-6-4-8-20(22)12-24(26)30(36)34-16-42-18(2)28(34)32(39)40/h3-14,17-18,27-28H,15-16H2,1-2H3,(H,37,38)(H,39,40)/t17-,18-,27+,28+/m1/s1. The zero-order valence-corrected chi connectivity index (χ0v) is 25.3. The van der Waals surface area contributed by atoms with Crippen LogP contribution in [0.15, 0.2) is 82.6 Å². The lowest BCUT2D eigenvalue weighted by molar-refractivity contribution is -0.143. The highest BCUT2D eigenvalue weighted by atomic mass is 33.1. The number of carbonyl (C=O) groups is 4. The summed E-state index contributed by atoms with van der Waals surface area (Å²) < 4.78 is 11.0. The van der Waals surface area contributed by atoms with E-state index in [0.717, 1.165) is 21.5 Å².